The fourth-order valence-corrected chi connectivity index (χ4v) is 1.70. The van der Waals surface area contributed by atoms with Crippen LogP contribution >= 0.6 is 0 Å². The van der Waals surface area contributed by atoms with Gasteiger partial charge < -0.3 is 9.67 Å². The molecule has 1 heterocycles. The number of rotatable bonds is 2. The molecule has 0 fully saturated rings. The van der Waals surface area contributed by atoms with Crippen LogP contribution in [0.25, 0.3) is 11.3 Å². The van der Waals surface area contributed by atoms with E-state index in [0.717, 1.165) is 12.1 Å². The van der Waals surface area contributed by atoms with Gasteiger partial charge in [0.25, 0.3) is 0 Å². The number of nitrogens with zero attached hydrogens (tertiary/aromatic N) is 2. The van der Waals surface area contributed by atoms with E-state index in [2.05, 4.69) is 4.98 Å². The van der Waals surface area contributed by atoms with E-state index in [1.165, 1.54) is 10.6 Å². The number of aryl methyl sites for hydroxylation is 1. The first-order valence-electron chi connectivity index (χ1n) is 5.14. The number of benzene rings is 1. The van der Waals surface area contributed by atoms with Gasteiger partial charge in [-0.2, -0.15) is 0 Å². The van der Waals surface area contributed by atoms with Gasteiger partial charge in [0.2, 0.25) is 0 Å². The van der Waals surface area contributed by atoms with Gasteiger partial charge in [0.15, 0.2) is 17.3 Å². The second kappa shape index (κ2) is 4.21. The monoisotopic (exact) mass is 252 g/mol. The Hall–Kier alpha value is -2.24. The maximum atomic E-state index is 13.1. The Balaban J connectivity index is 2.67. The minimum atomic E-state index is -1.17. The molecule has 1 aromatic heterocycles. The van der Waals surface area contributed by atoms with Crippen LogP contribution in [0.4, 0.5) is 8.78 Å². The fraction of sp³-hybridized carbons (Fsp3) is 0.167. The number of hydrogen-bond acceptors (Lipinski definition) is 2. The Morgan fingerprint density at radius 2 is 2.00 bits per heavy atom. The first-order valence-corrected chi connectivity index (χ1v) is 5.14. The van der Waals surface area contributed by atoms with E-state index in [1.54, 1.807) is 14.0 Å². The first-order chi connectivity index (χ1) is 8.41. The minimum absolute atomic E-state index is 0.0569. The molecular formula is C12H10F2N2O2. The predicted octanol–water partition coefficient (Wildman–Crippen LogP) is 2.37. The Morgan fingerprint density at radius 1 is 1.33 bits per heavy atom. The summed E-state index contributed by atoms with van der Waals surface area (Å²) in [5.74, 6) is -2.71. The van der Waals surface area contributed by atoms with E-state index in [1.807, 2.05) is 0 Å². The summed E-state index contributed by atoms with van der Waals surface area (Å²) in [6.45, 7) is 1.63. The molecule has 0 saturated carbocycles. The van der Waals surface area contributed by atoms with E-state index < -0.39 is 17.6 Å². The number of carboxylic acids is 1. The van der Waals surface area contributed by atoms with E-state index in [0.29, 0.717) is 5.82 Å². The van der Waals surface area contributed by atoms with Crippen LogP contribution < -0.4 is 0 Å². The average molecular weight is 252 g/mol. The fourth-order valence-electron chi connectivity index (χ4n) is 1.70. The lowest BCUT2D eigenvalue weighted by molar-refractivity contribution is 0.0687. The molecule has 2 aromatic rings. The third-order valence-corrected chi connectivity index (χ3v) is 2.71. The Bertz CT molecular complexity index is 635. The molecule has 0 amide bonds. The third kappa shape index (κ3) is 1.85. The van der Waals surface area contributed by atoms with Gasteiger partial charge in [0.1, 0.15) is 11.5 Å². The molecule has 0 atom stereocenters. The number of halogens is 2. The predicted molar refractivity (Wildman–Crippen MR) is 60.3 cm³/mol. The van der Waals surface area contributed by atoms with Crippen LogP contribution in [0.5, 0.6) is 0 Å². The standard InChI is InChI=1S/C12H10F2N2O2/c1-6-15-10(11(12(17)18)16(6)2)7-3-4-8(13)9(14)5-7/h3-5H,1-2H3,(H,17,18). The molecular weight excluding hydrogens is 242 g/mol. The van der Waals surface area contributed by atoms with Gasteiger partial charge in [0.05, 0.1) is 0 Å². The van der Waals surface area contributed by atoms with Gasteiger partial charge in [-0.15, -0.1) is 0 Å². The SMILES string of the molecule is Cc1nc(-c2ccc(F)c(F)c2)c(C(=O)O)n1C. The molecule has 0 aliphatic rings. The number of hydrogen-bond donors (Lipinski definition) is 1. The summed E-state index contributed by atoms with van der Waals surface area (Å²) < 4.78 is 27.4. The van der Waals surface area contributed by atoms with Gasteiger partial charge in [-0.25, -0.2) is 18.6 Å². The number of carbonyl (C=O) groups is 1. The molecule has 0 radical (unpaired) electrons. The maximum Gasteiger partial charge on any atom is 0.354 e. The van der Waals surface area contributed by atoms with E-state index in [9.17, 15) is 13.6 Å². The lowest BCUT2D eigenvalue weighted by Crippen LogP contribution is -2.06. The van der Waals surface area contributed by atoms with Crippen molar-refractivity contribution in [1.82, 2.24) is 9.55 Å². The summed E-state index contributed by atoms with van der Waals surface area (Å²) in [7, 11) is 1.55. The molecule has 0 aliphatic heterocycles. The van der Waals surface area contributed by atoms with Crippen LogP contribution in [0.2, 0.25) is 0 Å². The summed E-state index contributed by atoms with van der Waals surface area (Å²) >= 11 is 0. The summed E-state index contributed by atoms with van der Waals surface area (Å²) in [5.41, 5.74) is 0.301. The van der Waals surface area contributed by atoms with Crippen molar-refractivity contribution in [3.8, 4) is 11.3 Å². The largest absolute Gasteiger partial charge is 0.477 e. The molecule has 1 aromatic carbocycles. The van der Waals surface area contributed by atoms with Crippen molar-refractivity contribution >= 4 is 5.97 Å². The molecule has 1 N–H and O–H groups in total. The van der Waals surface area contributed by atoms with Gasteiger partial charge in [-0.1, -0.05) is 0 Å². The van der Waals surface area contributed by atoms with Crippen molar-refractivity contribution in [2.24, 2.45) is 7.05 Å². The van der Waals surface area contributed by atoms with Crippen molar-refractivity contribution in [3.63, 3.8) is 0 Å². The highest BCUT2D eigenvalue weighted by Gasteiger charge is 2.20. The van der Waals surface area contributed by atoms with Crippen LogP contribution in [0.15, 0.2) is 18.2 Å². The molecule has 0 saturated heterocycles. The van der Waals surface area contributed by atoms with Crippen molar-refractivity contribution in [2.75, 3.05) is 0 Å². The zero-order chi connectivity index (χ0) is 13.4. The number of aromatic nitrogens is 2. The van der Waals surface area contributed by atoms with Crippen LogP contribution in [0.3, 0.4) is 0 Å². The quantitative estimate of drug-likeness (QED) is 0.892. The highest BCUT2D eigenvalue weighted by atomic mass is 19.2. The molecule has 94 valence electrons. The van der Waals surface area contributed by atoms with Crippen molar-refractivity contribution in [3.05, 3.63) is 41.4 Å². The van der Waals surface area contributed by atoms with E-state index in [4.69, 9.17) is 5.11 Å². The Kier molecular flexibility index (Phi) is 2.86. The maximum absolute atomic E-state index is 13.1. The zero-order valence-corrected chi connectivity index (χ0v) is 9.74. The van der Waals surface area contributed by atoms with Gasteiger partial charge in [-0.3, -0.25) is 0 Å². The summed E-state index contributed by atoms with van der Waals surface area (Å²) in [4.78, 5) is 15.2. The van der Waals surface area contributed by atoms with Gasteiger partial charge in [-0.05, 0) is 25.1 Å². The van der Waals surface area contributed by atoms with Gasteiger partial charge in [0, 0.05) is 12.6 Å². The topological polar surface area (TPSA) is 55.1 Å². The summed E-state index contributed by atoms with van der Waals surface area (Å²) in [6, 6.07) is 3.18. The average Bonchev–Trinajstić information content (AvgIpc) is 2.59. The molecule has 2 rings (SSSR count). The molecule has 18 heavy (non-hydrogen) atoms. The summed E-state index contributed by atoms with van der Waals surface area (Å²) in [6.07, 6.45) is 0. The van der Waals surface area contributed by atoms with Crippen molar-refractivity contribution in [1.29, 1.82) is 0 Å². The number of imidazole rings is 1. The zero-order valence-electron chi connectivity index (χ0n) is 9.74. The molecule has 6 heteroatoms. The second-order valence-electron chi connectivity index (χ2n) is 3.85. The third-order valence-electron chi connectivity index (χ3n) is 2.71. The summed E-state index contributed by atoms with van der Waals surface area (Å²) in [5, 5.41) is 9.12. The van der Waals surface area contributed by atoms with Crippen molar-refractivity contribution < 1.29 is 18.7 Å². The van der Waals surface area contributed by atoms with Crippen LogP contribution in [0.1, 0.15) is 16.3 Å². The molecule has 0 spiro atoms. The van der Waals surface area contributed by atoms with Crippen LogP contribution in [-0.4, -0.2) is 20.6 Å². The Labute approximate surface area is 102 Å². The molecule has 4 nitrogen and oxygen atoms in total. The second-order valence-corrected chi connectivity index (χ2v) is 3.85. The smallest absolute Gasteiger partial charge is 0.354 e. The highest BCUT2D eigenvalue weighted by molar-refractivity contribution is 5.93. The molecule has 0 aliphatic carbocycles. The first kappa shape index (κ1) is 12.2. The van der Waals surface area contributed by atoms with Gasteiger partial charge >= 0.3 is 5.97 Å². The normalized spacial score (nSPS) is 10.7. The lowest BCUT2D eigenvalue weighted by Gasteiger charge is -2.02. The lowest BCUT2D eigenvalue weighted by atomic mass is 10.1. The van der Waals surface area contributed by atoms with E-state index >= 15 is 0 Å². The highest BCUT2D eigenvalue weighted by Crippen LogP contribution is 2.25. The number of carboxylic acid groups (broad SMARTS) is 1. The number of aromatic carboxylic acids is 1. The van der Waals surface area contributed by atoms with Crippen LogP contribution in [0, 0.1) is 18.6 Å². The minimum Gasteiger partial charge on any atom is -0.477 e. The molecule has 0 unspecified atom stereocenters. The van der Waals surface area contributed by atoms with Crippen LogP contribution in [-0.2, 0) is 7.05 Å². The molecule has 0 bridgehead atoms. The van der Waals surface area contributed by atoms with E-state index in [-0.39, 0.29) is 17.0 Å². The van der Waals surface area contributed by atoms with Crippen molar-refractivity contribution in [2.45, 2.75) is 6.92 Å². The Morgan fingerprint density at radius 3 is 2.56 bits per heavy atom.